The number of aromatic nitrogens is 2. The molecule has 1 saturated heterocycles. The molecule has 1 fully saturated rings. The first kappa shape index (κ1) is 14.4. The van der Waals surface area contributed by atoms with E-state index in [9.17, 15) is 5.11 Å². The van der Waals surface area contributed by atoms with Gasteiger partial charge in [-0.1, -0.05) is 17.3 Å². The Hall–Kier alpha value is -1.57. The quantitative estimate of drug-likeness (QED) is 0.889. The molecule has 1 aliphatic rings. The van der Waals surface area contributed by atoms with Gasteiger partial charge >= 0.3 is 0 Å². The van der Waals surface area contributed by atoms with Crippen molar-refractivity contribution in [2.45, 2.75) is 18.6 Å². The van der Waals surface area contributed by atoms with Crippen molar-refractivity contribution in [3.8, 4) is 5.75 Å². The van der Waals surface area contributed by atoms with Crippen LogP contribution >= 0.6 is 11.8 Å². The number of thioether (sulfide) groups is 1. The predicted octanol–water partition coefficient (Wildman–Crippen LogP) is 1.82. The lowest BCUT2D eigenvalue weighted by molar-refractivity contribution is 0.0677. The molecule has 7 heteroatoms. The van der Waals surface area contributed by atoms with Crippen LogP contribution in [0.25, 0.3) is 0 Å². The minimum absolute atomic E-state index is 0.109. The Morgan fingerprint density at radius 1 is 1.38 bits per heavy atom. The van der Waals surface area contributed by atoms with Gasteiger partial charge in [0, 0.05) is 11.5 Å². The van der Waals surface area contributed by atoms with Gasteiger partial charge in [0.05, 0.1) is 12.6 Å². The Labute approximate surface area is 126 Å². The van der Waals surface area contributed by atoms with E-state index in [2.05, 4.69) is 10.1 Å². The standard InChI is InChI=1S/C14H17N3O3S/c15-11(7-9-1-3-10(18)4-2-9)14-16-13(17-20-14)12-8-21-6-5-19-12/h1-4,11-12,18H,5-8,15H2. The summed E-state index contributed by atoms with van der Waals surface area (Å²) in [5.41, 5.74) is 7.11. The highest BCUT2D eigenvalue weighted by Crippen LogP contribution is 2.25. The molecule has 3 rings (SSSR count). The normalized spacial score (nSPS) is 20.3. The van der Waals surface area contributed by atoms with Crippen LogP contribution in [-0.2, 0) is 11.2 Å². The van der Waals surface area contributed by atoms with Crippen molar-refractivity contribution in [3.63, 3.8) is 0 Å². The summed E-state index contributed by atoms with van der Waals surface area (Å²) in [4.78, 5) is 4.36. The summed E-state index contributed by atoms with van der Waals surface area (Å²) in [6.07, 6.45) is 0.462. The minimum atomic E-state index is -0.368. The number of hydrogen-bond donors (Lipinski definition) is 2. The first-order valence-electron chi connectivity index (χ1n) is 6.78. The second-order valence-corrected chi connectivity index (χ2v) is 6.05. The van der Waals surface area contributed by atoms with E-state index in [1.807, 2.05) is 23.9 Å². The number of phenolic OH excluding ortho intramolecular Hbond substituents is 1. The van der Waals surface area contributed by atoms with E-state index in [0.717, 1.165) is 17.1 Å². The monoisotopic (exact) mass is 307 g/mol. The number of nitrogens with zero attached hydrogens (tertiary/aromatic N) is 2. The molecule has 3 N–H and O–H groups in total. The van der Waals surface area contributed by atoms with Crippen molar-refractivity contribution in [1.29, 1.82) is 0 Å². The molecular weight excluding hydrogens is 290 g/mol. The van der Waals surface area contributed by atoms with Gasteiger partial charge in [-0.3, -0.25) is 0 Å². The Morgan fingerprint density at radius 3 is 2.90 bits per heavy atom. The van der Waals surface area contributed by atoms with Crippen LogP contribution in [0.5, 0.6) is 5.75 Å². The molecule has 1 aromatic carbocycles. The zero-order valence-corrected chi connectivity index (χ0v) is 12.3. The molecule has 0 bridgehead atoms. The third kappa shape index (κ3) is 3.55. The molecule has 0 saturated carbocycles. The van der Waals surface area contributed by atoms with E-state index in [4.69, 9.17) is 15.0 Å². The zero-order chi connectivity index (χ0) is 14.7. The first-order valence-corrected chi connectivity index (χ1v) is 7.94. The molecule has 21 heavy (non-hydrogen) atoms. The first-order chi connectivity index (χ1) is 10.2. The Kier molecular flexibility index (Phi) is 4.42. The second kappa shape index (κ2) is 6.46. The van der Waals surface area contributed by atoms with Crippen LogP contribution in [0.4, 0.5) is 0 Å². The molecule has 1 aliphatic heterocycles. The molecule has 2 atom stereocenters. The molecule has 0 radical (unpaired) electrons. The van der Waals surface area contributed by atoms with E-state index < -0.39 is 0 Å². The fraction of sp³-hybridized carbons (Fsp3) is 0.429. The maximum Gasteiger partial charge on any atom is 0.243 e. The van der Waals surface area contributed by atoms with Crippen molar-refractivity contribution in [3.05, 3.63) is 41.5 Å². The van der Waals surface area contributed by atoms with E-state index >= 15 is 0 Å². The van der Waals surface area contributed by atoms with Gasteiger partial charge in [-0.2, -0.15) is 16.7 Å². The van der Waals surface area contributed by atoms with Gasteiger partial charge in [0.25, 0.3) is 0 Å². The van der Waals surface area contributed by atoms with Gasteiger partial charge in [-0.25, -0.2) is 0 Å². The molecule has 6 nitrogen and oxygen atoms in total. The number of rotatable bonds is 4. The second-order valence-electron chi connectivity index (χ2n) is 4.90. The summed E-state index contributed by atoms with van der Waals surface area (Å²) in [6.45, 7) is 0.707. The predicted molar refractivity (Wildman–Crippen MR) is 79.1 cm³/mol. The Bertz CT molecular complexity index is 581. The number of aromatic hydroxyl groups is 1. The van der Waals surface area contributed by atoms with Gasteiger partial charge in [0.2, 0.25) is 11.7 Å². The molecular formula is C14H17N3O3S. The van der Waals surface area contributed by atoms with Gasteiger partial charge in [0.1, 0.15) is 11.9 Å². The van der Waals surface area contributed by atoms with E-state index in [1.165, 1.54) is 0 Å². The topological polar surface area (TPSA) is 94.4 Å². The molecule has 0 aliphatic carbocycles. The summed E-state index contributed by atoms with van der Waals surface area (Å²) in [5, 5.41) is 13.2. The number of hydrogen-bond acceptors (Lipinski definition) is 7. The van der Waals surface area contributed by atoms with E-state index in [1.54, 1.807) is 12.1 Å². The average molecular weight is 307 g/mol. The fourth-order valence-corrected chi connectivity index (χ4v) is 2.98. The lowest BCUT2D eigenvalue weighted by Gasteiger charge is -2.18. The van der Waals surface area contributed by atoms with Crippen LogP contribution in [0.2, 0.25) is 0 Å². The van der Waals surface area contributed by atoms with Crippen molar-refractivity contribution >= 4 is 11.8 Å². The average Bonchev–Trinajstić information content (AvgIpc) is 3.00. The van der Waals surface area contributed by atoms with Crippen LogP contribution in [0.1, 0.15) is 29.4 Å². The lowest BCUT2D eigenvalue weighted by atomic mass is 10.1. The molecule has 112 valence electrons. The number of ether oxygens (including phenoxy) is 1. The highest BCUT2D eigenvalue weighted by Gasteiger charge is 2.24. The molecule has 1 aromatic heterocycles. The van der Waals surface area contributed by atoms with Crippen molar-refractivity contribution in [1.82, 2.24) is 10.1 Å². The molecule has 2 unspecified atom stereocenters. The number of phenols is 1. The number of benzene rings is 1. The SMILES string of the molecule is NC(Cc1ccc(O)cc1)c1nc(C2CSCCO2)no1. The maximum absolute atomic E-state index is 9.27. The molecule has 0 amide bonds. The Balaban J connectivity index is 1.65. The smallest absolute Gasteiger partial charge is 0.243 e. The third-order valence-corrected chi connectivity index (χ3v) is 4.26. The van der Waals surface area contributed by atoms with Crippen LogP contribution in [0.15, 0.2) is 28.8 Å². The number of nitrogens with two attached hydrogens (primary N) is 1. The van der Waals surface area contributed by atoms with Crippen LogP contribution in [0, 0.1) is 0 Å². The van der Waals surface area contributed by atoms with Crippen molar-refractivity contribution < 1.29 is 14.4 Å². The van der Waals surface area contributed by atoms with Gasteiger partial charge in [-0.05, 0) is 24.1 Å². The van der Waals surface area contributed by atoms with Crippen LogP contribution < -0.4 is 5.73 Å². The molecule has 0 spiro atoms. The van der Waals surface area contributed by atoms with Crippen molar-refractivity contribution in [2.75, 3.05) is 18.1 Å². The highest BCUT2D eigenvalue weighted by molar-refractivity contribution is 7.99. The Morgan fingerprint density at radius 2 is 2.19 bits per heavy atom. The summed E-state index contributed by atoms with van der Waals surface area (Å²) in [5.74, 6) is 3.06. The fourth-order valence-electron chi connectivity index (χ4n) is 2.14. The summed E-state index contributed by atoms with van der Waals surface area (Å²) in [7, 11) is 0. The van der Waals surface area contributed by atoms with E-state index in [0.29, 0.717) is 24.7 Å². The van der Waals surface area contributed by atoms with Crippen LogP contribution in [-0.4, -0.2) is 33.4 Å². The minimum Gasteiger partial charge on any atom is -0.508 e. The van der Waals surface area contributed by atoms with Gasteiger partial charge < -0.3 is 20.1 Å². The summed E-state index contributed by atoms with van der Waals surface area (Å²) >= 11 is 1.82. The van der Waals surface area contributed by atoms with Gasteiger partial charge in [-0.15, -0.1) is 0 Å². The maximum atomic E-state index is 9.27. The summed E-state index contributed by atoms with van der Waals surface area (Å²) in [6, 6.07) is 6.55. The van der Waals surface area contributed by atoms with Gasteiger partial charge in [0.15, 0.2) is 0 Å². The zero-order valence-electron chi connectivity index (χ0n) is 11.4. The lowest BCUT2D eigenvalue weighted by Crippen LogP contribution is -2.17. The van der Waals surface area contributed by atoms with Crippen LogP contribution in [0.3, 0.4) is 0 Å². The van der Waals surface area contributed by atoms with E-state index in [-0.39, 0.29) is 17.9 Å². The van der Waals surface area contributed by atoms with Crippen molar-refractivity contribution in [2.24, 2.45) is 5.73 Å². The third-order valence-electron chi connectivity index (χ3n) is 3.27. The molecule has 2 heterocycles. The largest absolute Gasteiger partial charge is 0.508 e. The molecule has 2 aromatic rings. The summed E-state index contributed by atoms with van der Waals surface area (Å²) < 4.78 is 10.9. The highest BCUT2D eigenvalue weighted by atomic mass is 32.2.